The highest BCUT2D eigenvalue weighted by Crippen LogP contribution is 2.64. The van der Waals surface area contributed by atoms with Gasteiger partial charge < -0.3 is 10.6 Å². The van der Waals surface area contributed by atoms with E-state index in [1.807, 2.05) is 12.1 Å². The summed E-state index contributed by atoms with van der Waals surface area (Å²) in [4.78, 5) is 24.9. The highest BCUT2D eigenvalue weighted by atomic mass is 79.9. The van der Waals surface area contributed by atoms with Crippen LogP contribution in [0.1, 0.15) is 48.9 Å². The van der Waals surface area contributed by atoms with Gasteiger partial charge in [-0.3, -0.25) is 9.59 Å². The second kappa shape index (κ2) is 5.58. The number of rotatable bonds is 3. The summed E-state index contributed by atoms with van der Waals surface area (Å²) < 4.78 is 0.165. The molecular weight excluding hydrogens is 368 g/mol. The van der Waals surface area contributed by atoms with Crippen molar-refractivity contribution in [3.8, 4) is 0 Å². The van der Waals surface area contributed by atoms with E-state index in [1.165, 1.54) is 19.3 Å². The molecule has 4 aliphatic rings. The van der Waals surface area contributed by atoms with Gasteiger partial charge in [-0.15, -0.1) is 0 Å². The maximum absolute atomic E-state index is 13.1. The summed E-state index contributed by atoms with van der Waals surface area (Å²) in [5.41, 5.74) is 1.04. The predicted octanol–water partition coefficient (Wildman–Crippen LogP) is 3.72. The van der Waals surface area contributed by atoms with Crippen LogP contribution in [0.15, 0.2) is 24.3 Å². The van der Waals surface area contributed by atoms with E-state index >= 15 is 0 Å². The largest absolute Gasteiger partial charge is 0.355 e. The second-order valence-electron chi connectivity index (χ2n) is 8.01. The third-order valence-electron chi connectivity index (χ3n) is 6.08. The molecule has 2 atom stereocenters. The lowest BCUT2D eigenvalue weighted by Crippen LogP contribution is -2.57. The van der Waals surface area contributed by atoms with E-state index in [0.29, 0.717) is 23.1 Å². The van der Waals surface area contributed by atoms with Crippen molar-refractivity contribution in [1.29, 1.82) is 0 Å². The summed E-state index contributed by atoms with van der Waals surface area (Å²) in [6, 6.07) is 7.18. The lowest BCUT2D eigenvalue weighted by Gasteiger charge is -2.59. The maximum Gasteiger partial charge on any atom is 0.251 e. The molecule has 0 saturated heterocycles. The Morgan fingerprint density at radius 2 is 1.88 bits per heavy atom. The number of nitrogens with one attached hydrogen (secondary N) is 2. The van der Waals surface area contributed by atoms with Gasteiger partial charge in [0.1, 0.15) is 0 Å². The minimum absolute atomic E-state index is 0.134. The Hall–Kier alpha value is -1.36. The summed E-state index contributed by atoms with van der Waals surface area (Å²) in [5.74, 6) is 1.34. The Morgan fingerprint density at radius 1 is 1.17 bits per heavy atom. The van der Waals surface area contributed by atoms with Crippen molar-refractivity contribution in [3.63, 3.8) is 0 Å². The van der Waals surface area contributed by atoms with Crippen LogP contribution in [-0.4, -0.2) is 23.2 Å². The summed E-state index contributed by atoms with van der Waals surface area (Å²) in [7, 11) is 1.61. The fourth-order valence-electron chi connectivity index (χ4n) is 5.56. The average molecular weight is 391 g/mol. The molecule has 4 nitrogen and oxygen atoms in total. The first-order valence-electron chi connectivity index (χ1n) is 8.74. The van der Waals surface area contributed by atoms with E-state index < -0.39 is 0 Å². The number of amides is 2. The smallest absolute Gasteiger partial charge is 0.251 e. The fourth-order valence-corrected chi connectivity index (χ4v) is 7.01. The van der Waals surface area contributed by atoms with Crippen molar-refractivity contribution in [1.82, 2.24) is 5.32 Å². The lowest BCUT2D eigenvalue weighted by atomic mass is 9.49. The zero-order valence-corrected chi connectivity index (χ0v) is 15.5. The van der Waals surface area contributed by atoms with Crippen molar-refractivity contribution in [2.24, 2.45) is 17.3 Å². The van der Waals surface area contributed by atoms with Gasteiger partial charge in [0.2, 0.25) is 5.91 Å². The van der Waals surface area contributed by atoms with Crippen LogP contribution in [0.2, 0.25) is 0 Å². The number of alkyl halides is 1. The van der Waals surface area contributed by atoms with Crippen molar-refractivity contribution in [3.05, 3.63) is 29.8 Å². The van der Waals surface area contributed by atoms with E-state index in [9.17, 15) is 9.59 Å². The van der Waals surface area contributed by atoms with Gasteiger partial charge in [-0.25, -0.2) is 0 Å². The molecule has 1 aromatic rings. The van der Waals surface area contributed by atoms with Crippen LogP contribution in [0.25, 0.3) is 0 Å². The average Bonchev–Trinajstić information content (AvgIpc) is 2.52. The number of anilines is 1. The monoisotopic (exact) mass is 390 g/mol. The predicted molar refractivity (Wildman–Crippen MR) is 97.2 cm³/mol. The number of benzene rings is 1. The molecular formula is C19H23BrN2O2. The lowest BCUT2D eigenvalue weighted by molar-refractivity contribution is -0.138. The zero-order valence-electron chi connectivity index (χ0n) is 13.9. The molecule has 5 heteroatoms. The van der Waals surface area contributed by atoms with E-state index in [4.69, 9.17) is 0 Å². The Balaban J connectivity index is 1.56. The molecule has 0 radical (unpaired) electrons. The summed E-state index contributed by atoms with van der Waals surface area (Å²) in [6.07, 6.45) is 6.67. The highest BCUT2D eigenvalue weighted by Gasteiger charge is 2.59. The first kappa shape index (κ1) is 16.1. The first-order valence-corrected chi connectivity index (χ1v) is 9.53. The van der Waals surface area contributed by atoms with Gasteiger partial charge in [-0.1, -0.05) is 22.0 Å². The minimum Gasteiger partial charge on any atom is -0.355 e. The summed E-state index contributed by atoms with van der Waals surface area (Å²) in [6.45, 7) is 0. The topological polar surface area (TPSA) is 58.2 Å². The SMILES string of the molecule is CNC(=O)c1cccc(NC(=O)C23CC4CC(CC(Br)(C4)C2)C3)c1. The van der Waals surface area contributed by atoms with Crippen LogP contribution in [-0.2, 0) is 4.79 Å². The van der Waals surface area contributed by atoms with E-state index in [-0.39, 0.29) is 21.6 Å². The molecule has 4 saturated carbocycles. The molecule has 2 unspecified atom stereocenters. The van der Waals surface area contributed by atoms with Crippen LogP contribution in [0.3, 0.4) is 0 Å². The van der Waals surface area contributed by atoms with Gasteiger partial charge in [0.15, 0.2) is 0 Å². The van der Waals surface area contributed by atoms with Crippen LogP contribution < -0.4 is 10.6 Å². The third kappa shape index (κ3) is 2.67. The molecule has 4 fully saturated rings. The molecule has 2 amide bonds. The Labute approximate surface area is 150 Å². The van der Waals surface area contributed by atoms with Gasteiger partial charge in [-0.2, -0.15) is 0 Å². The molecule has 0 aliphatic heterocycles. The van der Waals surface area contributed by atoms with E-state index in [0.717, 1.165) is 19.3 Å². The molecule has 24 heavy (non-hydrogen) atoms. The van der Waals surface area contributed by atoms with Gasteiger partial charge in [0.05, 0.1) is 5.41 Å². The van der Waals surface area contributed by atoms with Crippen molar-refractivity contribution in [2.45, 2.75) is 42.8 Å². The van der Waals surface area contributed by atoms with Gasteiger partial charge in [0.25, 0.3) is 5.91 Å². The van der Waals surface area contributed by atoms with E-state index in [2.05, 4.69) is 26.6 Å². The zero-order chi connectivity index (χ0) is 16.9. The molecule has 5 rings (SSSR count). The fraction of sp³-hybridized carbons (Fsp3) is 0.579. The normalized spacial score (nSPS) is 36.4. The van der Waals surface area contributed by atoms with Crippen molar-refractivity contribution < 1.29 is 9.59 Å². The third-order valence-corrected chi connectivity index (χ3v) is 7.01. The van der Waals surface area contributed by atoms with Crippen molar-refractivity contribution >= 4 is 33.4 Å². The Bertz CT molecular complexity index is 688. The molecule has 128 valence electrons. The maximum atomic E-state index is 13.1. The molecule has 4 aliphatic carbocycles. The van der Waals surface area contributed by atoms with Gasteiger partial charge in [0, 0.05) is 22.6 Å². The van der Waals surface area contributed by atoms with Crippen molar-refractivity contribution in [2.75, 3.05) is 12.4 Å². The molecule has 4 bridgehead atoms. The van der Waals surface area contributed by atoms with Crippen LogP contribution in [0, 0.1) is 17.3 Å². The molecule has 0 aromatic heterocycles. The van der Waals surface area contributed by atoms with Crippen LogP contribution in [0.4, 0.5) is 5.69 Å². The molecule has 2 N–H and O–H groups in total. The number of carbonyl (C=O) groups is 2. The second-order valence-corrected chi connectivity index (χ2v) is 9.69. The molecule has 0 spiro atoms. The summed E-state index contributed by atoms with van der Waals surface area (Å²) in [5, 5.41) is 5.71. The summed E-state index contributed by atoms with van der Waals surface area (Å²) >= 11 is 3.95. The standard InChI is InChI=1S/C19H23BrN2O2/c1-21-16(23)14-3-2-4-15(6-14)22-17(24)18-7-12-5-13(8-18)10-19(20,9-12)11-18/h2-4,6,12-13H,5,7-11H2,1H3,(H,21,23)(H,22,24). The van der Waals surface area contributed by atoms with E-state index in [1.54, 1.807) is 19.2 Å². The van der Waals surface area contributed by atoms with Gasteiger partial charge >= 0.3 is 0 Å². The number of hydrogen-bond donors (Lipinski definition) is 2. The Morgan fingerprint density at radius 3 is 2.50 bits per heavy atom. The number of carbonyl (C=O) groups excluding carboxylic acids is 2. The minimum atomic E-state index is -0.239. The number of halogens is 1. The molecule has 1 aromatic carbocycles. The quantitative estimate of drug-likeness (QED) is 0.772. The Kier molecular flexibility index (Phi) is 3.75. The van der Waals surface area contributed by atoms with Crippen LogP contribution >= 0.6 is 15.9 Å². The first-order chi connectivity index (χ1) is 11.4. The van der Waals surface area contributed by atoms with Crippen LogP contribution in [0.5, 0.6) is 0 Å². The van der Waals surface area contributed by atoms with Gasteiger partial charge in [-0.05, 0) is 68.6 Å². The molecule has 0 heterocycles. The highest BCUT2D eigenvalue weighted by molar-refractivity contribution is 9.10. The number of hydrogen-bond acceptors (Lipinski definition) is 2.